The zero-order valence-corrected chi connectivity index (χ0v) is 17.1. The van der Waals surface area contributed by atoms with Crippen molar-refractivity contribution in [3.05, 3.63) is 46.3 Å². The third-order valence-corrected chi connectivity index (χ3v) is 5.06. The van der Waals surface area contributed by atoms with Crippen LogP contribution in [0.3, 0.4) is 0 Å². The van der Waals surface area contributed by atoms with E-state index in [1.54, 1.807) is 12.1 Å². The van der Waals surface area contributed by atoms with Crippen LogP contribution < -0.4 is 10.2 Å². The fourth-order valence-electron chi connectivity index (χ4n) is 3.00. The number of benzene rings is 1. The van der Waals surface area contributed by atoms with Gasteiger partial charge in [-0.1, -0.05) is 23.2 Å². The van der Waals surface area contributed by atoms with Crippen LogP contribution in [0.4, 0.5) is 15.9 Å². The molecule has 1 aliphatic heterocycles. The van der Waals surface area contributed by atoms with Gasteiger partial charge in [-0.25, -0.2) is 4.39 Å². The van der Waals surface area contributed by atoms with Crippen molar-refractivity contribution in [1.29, 1.82) is 0 Å². The Bertz CT molecular complexity index is 898. The minimum atomic E-state index is -1.03. The molecule has 0 radical (unpaired) electrons. The average Bonchev–Trinajstić information content (AvgIpc) is 2.70. The molecular weight excluding hydrogens is 422 g/mol. The molecule has 7 nitrogen and oxygen atoms in total. The molecule has 0 bridgehead atoms. The number of aromatic nitrogens is 2. The maximum absolute atomic E-state index is 13.1. The molecule has 1 aromatic heterocycles. The van der Waals surface area contributed by atoms with Gasteiger partial charge in [0.1, 0.15) is 5.82 Å². The highest BCUT2D eigenvalue weighted by molar-refractivity contribution is 6.33. The van der Waals surface area contributed by atoms with Crippen LogP contribution in [0.15, 0.2) is 30.3 Å². The zero-order valence-electron chi connectivity index (χ0n) is 15.6. The molecule has 1 amide bonds. The Morgan fingerprint density at radius 2 is 2.07 bits per heavy atom. The quantitative estimate of drug-likeness (QED) is 0.713. The minimum absolute atomic E-state index is 0.0591. The number of esters is 1. The van der Waals surface area contributed by atoms with E-state index >= 15 is 0 Å². The second-order valence-corrected chi connectivity index (χ2v) is 7.49. The van der Waals surface area contributed by atoms with Gasteiger partial charge in [-0.2, -0.15) is 0 Å². The molecule has 2 aromatic rings. The van der Waals surface area contributed by atoms with E-state index in [2.05, 4.69) is 15.5 Å². The maximum atomic E-state index is 13.1. The number of rotatable bonds is 5. The van der Waals surface area contributed by atoms with Gasteiger partial charge >= 0.3 is 5.97 Å². The number of hydrogen-bond acceptors (Lipinski definition) is 6. The van der Waals surface area contributed by atoms with Crippen LogP contribution >= 0.6 is 23.2 Å². The van der Waals surface area contributed by atoms with E-state index in [-0.39, 0.29) is 10.7 Å². The standard InChI is InChI=1S/C19H19Cl2FN4O3/c1-11(18(27)23-15-5-4-13(22)9-14(15)20)29-19(28)12-3-2-8-26(10-12)17-7-6-16(21)24-25-17/h4-7,9,11-12H,2-3,8,10H2,1H3,(H,23,27)/t11-,12+/m0/s1. The van der Waals surface area contributed by atoms with Crippen molar-refractivity contribution in [3.63, 3.8) is 0 Å². The molecular formula is C19H19Cl2FN4O3. The lowest BCUT2D eigenvalue weighted by Gasteiger charge is -2.32. The summed E-state index contributed by atoms with van der Waals surface area (Å²) in [4.78, 5) is 26.8. The molecule has 1 N–H and O–H groups in total. The smallest absolute Gasteiger partial charge is 0.311 e. The Morgan fingerprint density at radius 1 is 1.28 bits per heavy atom. The van der Waals surface area contributed by atoms with Gasteiger partial charge in [-0.05, 0) is 50.1 Å². The Labute approximate surface area is 177 Å². The number of carbonyl (C=O) groups is 2. The van der Waals surface area contributed by atoms with Crippen LogP contribution in [-0.4, -0.2) is 41.3 Å². The largest absolute Gasteiger partial charge is 0.452 e. The average molecular weight is 441 g/mol. The summed E-state index contributed by atoms with van der Waals surface area (Å²) in [6.45, 7) is 2.61. The second kappa shape index (κ2) is 9.37. The van der Waals surface area contributed by atoms with E-state index in [0.717, 1.165) is 19.0 Å². The normalized spacial score (nSPS) is 17.5. The number of piperidine rings is 1. The van der Waals surface area contributed by atoms with Crippen molar-refractivity contribution < 1.29 is 18.7 Å². The summed E-state index contributed by atoms with van der Waals surface area (Å²) < 4.78 is 18.4. The molecule has 0 unspecified atom stereocenters. The van der Waals surface area contributed by atoms with Crippen LogP contribution in [0.5, 0.6) is 0 Å². The van der Waals surface area contributed by atoms with Crippen molar-refractivity contribution >= 4 is 46.6 Å². The fourth-order valence-corrected chi connectivity index (χ4v) is 3.32. The Balaban J connectivity index is 1.57. The van der Waals surface area contributed by atoms with Crippen LogP contribution in [0, 0.1) is 11.7 Å². The van der Waals surface area contributed by atoms with E-state index < -0.39 is 29.7 Å². The minimum Gasteiger partial charge on any atom is -0.452 e. The first-order chi connectivity index (χ1) is 13.8. The van der Waals surface area contributed by atoms with Crippen LogP contribution in [0.1, 0.15) is 19.8 Å². The highest BCUT2D eigenvalue weighted by Gasteiger charge is 2.30. The molecule has 2 atom stereocenters. The van der Waals surface area contributed by atoms with E-state index in [1.165, 1.54) is 19.1 Å². The predicted octanol–water partition coefficient (Wildman–Crippen LogP) is 3.71. The van der Waals surface area contributed by atoms with Crippen molar-refractivity contribution in [1.82, 2.24) is 10.2 Å². The lowest BCUT2D eigenvalue weighted by Crippen LogP contribution is -2.41. The van der Waals surface area contributed by atoms with Gasteiger partial charge in [-0.15, -0.1) is 10.2 Å². The Hall–Kier alpha value is -2.45. The van der Waals surface area contributed by atoms with Crippen LogP contribution in [0.2, 0.25) is 10.2 Å². The van der Waals surface area contributed by atoms with Gasteiger partial charge in [0.25, 0.3) is 5.91 Å². The van der Waals surface area contributed by atoms with Gasteiger partial charge < -0.3 is 15.0 Å². The van der Waals surface area contributed by atoms with Gasteiger partial charge in [0, 0.05) is 13.1 Å². The summed E-state index contributed by atoms with van der Waals surface area (Å²) in [5, 5.41) is 10.7. The topological polar surface area (TPSA) is 84.4 Å². The molecule has 0 spiro atoms. The summed E-state index contributed by atoms with van der Waals surface area (Å²) in [5.41, 5.74) is 0.242. The predicted molar refractivity (Wildman–Crippen MR) is 108 cm³/mol. The summed E-state index contributed by atoms with van der Waals surface area (Å²) >= 11 is 11.7. The zero-order chi connectivity index (χ0) is 21.0. The van der Waals surface area contributed by atoms with Crippen LogP contribution in [-0.2, 0) is 14.3 Å². The molecule has 1 saturated heterocycles. The number of nitrogens with one attached hydrogen (secondary N) is 1. The molecule has 3 rings (SSSR count). The van der Waals surface area contributed by atoms with Gasteiger partial charge in [0.15, 0.2) is 17.1 Å². The number of ether oxygens (including phenoxy) is 1. The summed E-state index contributed by atoms with van der Waals surface area (Å²) in [5.74, 6) is -1.30. The van der Waals surface area contributed by atoms with E-state index in [9.17, 15) is 14.0 Å². The molecule has 10 heteroatoms. The fraction of sp³-hybridized carbons (Fsp3) is 0.368. The lowest BCUT2D eigenvalue weighted by molar-refractivity contribution is -0.157. The van der Waals surface area contributed by atoms with Gasteiger partial charge in [0.05, 0.1) is 16.6 Å². The first kappa shape index (κ1) is 21.3. The Kier molecular flexibility index (Phi) is 6.87. The number of anilines is 2. The maximum Gasteiger partial charge on any atom is 0.311 e. The first-order valence-electron chi connectivity index (χ1n) is 9.04. The highest BCUT2D eigenvalue weighted by Crippen LogP contribution is 2.24. The summed E-state index contributed by atoms with van der Waals surface area (Å²) in [6.07, 6.45) is 0.388. The third-order valence-electron chi connectivity index (χ3n) is 4.55. The van der Waals surface area contributed by atoms with Gasteiger partial charge in [-0.3, -0.25) is 9.59 Å². The molecule has 1 fully saturated rings. The molecule has 2 heterocycles. The number of amides is 1. The van der Waals surface area contributed by atoms with Crippen LogP contribution in [0.25, 0.3) is 0 Å². The van der Waals surface area contributed by atoms with Crippen molar-refractivity contribution in [3.8, 4) is 0 Å². The van der Waals surface area contributed by atoms with E-state index in [1.807, 2.05) is 4.90 Å². The summed E-state index contributed by atoms with van der Waals surface area (Å²) in [6, 6.07) is 6.99. The number of carbonyl (C=O) groups excluding carboxylic acids is 2. The highest BCUT2D eigenvalue weighted by atomic mass is 35.5. The molecule has 1 aromatic carbocycles. The first-order valence-corrected chi connectivity index (χ1v) is 9.79. The molecule has 0 aliphatic carbocycles. The van der Waals surface area contributed by atoms with Crippen molar-refractivity contribution in [2.75, 3.05) is 23.3 Å². The third kappa shape index (κ3) is 5.55. The number of halogens is 3. The van der Waals surface area contributed by atoms with Crippen molar-refractivity contribution in [2.24, 2.45) is 5.92 Å². The summed E-state index contributed by atoms with van der Waals surface area (Å²) in [7, 11) is 0. The second-order valence-electron chi connectivity index (χ2n) is 6.69. The molecule has 0 saturated carbocycles. The molecule has 29 heavy (non-hydrogen) atoms. The monoisotopic (exact) mass is 440 g/mol. The Morgan fingerprint density at radius 3 is 2.76 bits per heavy atom. The van der Waals surface area contributed by atoms with E-state index in [4.69, 9.17) is 27.9 Å². The van der Waals surface area contributed by atoms with Crippen molar-refractivity contribution in [2.45, 2.75) is 25.9 Å². The lowest BCUT2D eigenvalue weighted by atomic mass is 9.98. The molecule has 1 aliphatic rings. The number of nitrogens with zero attached hydrogens (tertiary/aromatic N) is 3. The SMILES string of the molecule is C[C@H](OC(=O)[C@@H]1CCCN(c2ccc(Cl)nn2)C1)C(=O)Nc1ccc(F)cc1Cl. The number of hydrogen-bond donors (Lipinski definition) is 1. The van der Waals surface area contributed by atoms with Gasteiger partial charge in [0.2, 0.25) is 0 Å². The van der Waals surface area contributed by atoms with E-state index in [0.29, 0.717) is 23.9 Å². The molecule has 154 valence electrons.